The quantitative estimate of drug-likeness (QED) is 0.313. The monoisotopic (exact) mass is 527 g/mol. The summed E-state index contributed by atoms with van der Waals surface area (Å²) in [7, 11) is 0. The van der Waals surface area contributed by atoms with E-state index in [0.717, 1.165) is 29.1 Å². The number of hydrogen-bond donors (Lipinski definition) is 1. The molecule has 1 N–H and O–H groups in total. The van der Waals surface area contributed by atoms with Gasteiger partial charge in [-0.3, -0.25) is 24.1 Å². The highest BCUT2D eigenvalue weighted by Crippen LogP contribution is 2.35. The Morgan fingerprint density at radius 1 is 0.897 bits per heavy atom. The second-order valence-electron chi connectivity index (χ2n) is 9.49. The fourth-order valence-corrected chi connectivity index (χ4v) is 4.67. The van der Waals surface area contributed by atoms with Crippen LogP contribution in [-0.2, 0) is 9.59 Å². The number of nitrogens with one attached hydrogen (secondary N) is 1. The smallest absolute Gasteiger partial charge is 0.265 e. The number of hydrogen-bond acceptors (Lipinski definition) is 6. The summed E-state index contributed by atoms with van der Waals surface area (Å²) in [4.78, 5) is 53.1. The zero-order valence-electron chi connectivity index (χ0n) is 21.6. The van der Waals surface area contributed by atoms with E-state index in [9.17, 15) is 19.2 Å². The van der Waals surface area contributed by atoms with Crippen molar-refractivity contribution in [3.05, 3.63) is 83.4 Å². The molecule has 3 aromatic rings. The van der Waals surface area contributed by atoms with Crippen LogP contribution >= 0.6 is 0 Å². The van der Waals surface area contributed by atoms with Gasteiger partial charge in [0.2, 0.25) is 5.91 Å². The van der Waals surface area contributed by atoms with E-state index >= 15 is 0 Å². The van der Waals surface area contributed by atoms with E-state index in [0.29, 0.717) is 41.4 Å². The normalized spacial score (nSPS) is 14.1. The molecule has 0 saturated heterocycles. The molecule has 200 valence electrons. The standard InChI is InChI=1S/C30H29N3O6/c1-20-7-6-8-22(17-20)38-16-5-4-14-32-25-18-21(11-12-26(25)39-19-28(32)35)31-27(34)13-15-33-29(36)23-9-2-3-10-24(23)30(33)37/h2-3,6-12,17-18H,4-5,13-16,19H2,1H3,(H,31,34). The van der Waals surface area contributed by atoms with Gasteiger partial charge < -0.3 is 19.7 Å². The van der Waals surface area contributed by atoms with Crippen LogP contribution in [0.5, 0.6) is 11.5 Å². The third-order valence-electron chi connectivity index (χ3n) is 6.66. The first kappa shape index (κ1) is 26.0. The van der Waals surface area contributed by atoms with Crippen molar-refractivity contribution in [3.8, 4) is 11.5 Å². The number of imide groups is 1. The third kappa shape index (κ3) is 5.77. The zero-order chi connectivity index (χ0) is 27.4. The first-order valence-corrected chi connectivity index (χ1v) is 12.9. The van der Waals surface area contributed by atoms with E-state index in [-0.39, 0.29) is 31.4 Å². The van der Waals surface area contributed by atoms with Crippen LogP contribution in [0.1, 0.15) is 45.5 Å². The molecule has 2 heterocycles. The van der Waals surface area contributed by atoms with E-state index in [4.69, 9.17) is 9.47 Å². The van der Waals surface area contributed by atoms with Crippen LogP contribution in [0.15, 0.2) is 66.7 Å². The third-order valence-corrected chi connectivity index (χ3v) is 6.66. The van der Waals surface area contributed by atoms with Crippen LogP contribution in [0.4, 0.5) is 11.4 Å². The van der Waals surface area contributed by atoms with Gasteiger partial charge in [0.1, 0.15) is 11.5 Å². The molecule has 2 aliphatic rings. The van der Waals surface area contributed by atoms with Crippen LogP contribution in [0.2, 0.25) is 0 Å². The molecule has 0 unspecified atom stereocenters. The minimum atomic E-state index is -0.396. The Labute approximate surface area is 226 Å². The predicted octanol–water partition coefficient (Wildman–Crippen LogP) is 4.20. The summed E-state index contributed by atoms with van der Waals surface area (Å²) < 4.78 is 11.4. The average Bonchev–Trinajstić information content (AvgIpc) is 3.17. The maximum absolute atomic E-state index is 12.7. The number of aryl methyl sites for hydroxylation is 1. The van der Waals surface area contributed by atoms with E-state index in [1.165, 1.54) is 0 Å². The van der Waals surface area contributed by atoms with Crippen molar-refractivity contribution in [2.45, 2.75) is 26.2 Å². The van der Waals surface area contributed by atoms with Crippen molar-refractivity contribution in [2.75, 3.05) is 36.5 Å². The maximum atomic E-state index is 12.7. The summed E-state index contributed by atoms with van der Waals surface area (Å²) in [6, 6.07) is 19.6. The van der Waals surface area contributed by atoms with E-state index in [1.807, 2.05) is 31.2 Å². The van der Waals surface area contributed by atoms with Gasteiger partial charge in [0.15, 0.2) is 6.61 Å². The second-order valence-corrected chi connectivity index (χ2v) is 9.49. The van der Waals surface area contributed by atoms with Crippen molar-refractivity contribution < 1.29 is 28.7 Å². The van der Waals surface area contributed by atoms with Crippen LogP contribution in [0, 0.1) is 6.92 Å². The summed E-state index contributed by atoms with van der Waals surface area (Å²) >= 11 is 0. The number of anilines is 2. The number of fused-ring (bicyclic) bond motifs is 2. The van der Waals surface area contributed by atoms with Crippen molar-refractivity contribution in [1.82, 2.24) is 4.90 Å². The van der Waals surface area contributed by atoms with Gasteiger partial charge in [0.25, 0.3) is 17.7 Å². The molecule has 0 aromatic heterocycles. The number of carbonyl (C=O) groups is 4. The van der Waals surface area contributed by atoms with E-state index in [1.54, 1.807) is 47.4 Å². The Morgan fingerprint density at radius 3 is 2.41 bits per heavy atom. The lowest BCUT2D eigenvalue weighted by atomic mass is 10.1. The number of carbonyl (C=O) groups excluding carboxylic acids is 4. The van der Waals surface area contributed by atoms with Gasteiger partial charge in [-0.15, -0.1) is 0 Å². The second kappa shape index (κ2) is 11.4. The molecule has 4 amide bonds. The highest BCUT2D eigenvalue weighted by molar-refractivity contribution is 6.21. The van der Waals surface area contributed by atoms with Crippen molar-refractivity contribution in [2.24, 2.45) is 0 Å². The van der Waals surface area contributed by atoms with Crippen LogP contribution in [0.3, 0.4) is 0 Å². The van der Waals surface area contributed by atoms with Gasteiger partial charge in [-0.05, 0) is 67.8 Å². The molecule has 9 heteroatoms. The lowest BCUT2D eigenvalue weighted by molar-refractivity contribution is -0.121. The number of nitrogens with zero attached hydrogens (tertiary/aromatic N) is 2. The molecule has 9 nitrogen and oxygen atoms in total. The maximum Gasteiger partial charge on any atom is 0.265 e. The first-order valence-electron chi connectivity index (χ1n) is 12.9. The lowest BCUT2D eigenvalue weighted by Gasteiger charge is -2.30. The molecule has 0 spiro atoms. The summed E-state index contributed by atoms with van der Waals surface area (Å²) in [6.45, 7) is 2.97. The van der Waals surface area contributed by atoms with Crippen LogP contribution in [0.25, 0.3) is 0 Å². The molecule has 0 bridgehead atoms. The Balaban J connectivity index is 1.15. The molecule has 0 atom stereocenters. The van der Waals surface area contributed by atoms with Crippen molar-refractivity contribution in [3.63, 3.8) is 0 Å². The summed E-state index contributed by atoms with van der Waals surface area (Å²) in [5, 5.41) is 2.80. The topological polar surface area (TPSA) is 105 Å². The number of benzene rings is 3. The molecule has 2 aliphatic heterocycles. The fourth-order valence-electron chi connectivity index (χ4n) is 4.67. The van der Waals surface area contributed by atoms with Gasteiger partial charge >= 0.3 is 0 Å². The number of amides is 4. The fraction of sp³-hybridized carbons (Fsp3) is 0.267. The zero-order valence-corrected chi connectivity index (χ0v) is 21.6. The Hall–Kier alpha value is -4.66. The molecule has 0 radical (unpaired) electrons. The summed E-state index contributed by atoms with van der Waals surface area (Å²) in [5.41, 5.74) is 2.92. The van der Waals surface area contributed by atoms with Crippen LogP contribution < -0.4 is 19.7 Å². The van der Waals surface area contributed by atoms with Crippen molar-refractivity contribution >= 4 is 35.0 Å². The summed E-state index contributed by atoms with van der Waals surface area (Å²) in [6.07, 6.45) is 1.44. The Kier molecular flexibility index (Phi) is 7.58. The molecule has 0 aliphatic carbocycles. The first-order chi connectivity index (χ1) is 18.9. The number of ether oxygens (including phenoxy) is 2. The van der Waals surface area contributed by atoms with Gasteiger partial charge in [0, 0.05) is 25.2 Å². The number of unbranched alkanes of at least 4 members (excludes halogenated alkanes) is 1. The molecule has 5 rings (SSSR count). The number of rotatable bonds is 10. The molecular weight excluding hydrogens is 498 g/mol. The van der Waals surface area contributed by atoms with Crippen molar-refractivity contribution in [1.29, 1.82) is 0 Å². The molecule has 3 aromatic carbocycles. The lowest BCUT2D eigenvalue weighted by Crippen LogP contribution is -2.39. The molecular formula is C30H29N3O6. The Bertz CT molecular complexity index is 1400. The largest absolute Gasteiger partial charge is 0.494 e. The van der Waals surface area contributed by atoms with Crippen LogP contribution in [-0.4, -0.2) is 54.8 Å². The predicted molar refractivity (Wildman–Crippen MR) is 145 cm³/mol. The highest BCUT2D eigenvalue weighted by atomic mass is 16.5. The molecule has 0 fully saturated rings. The SMILES string of the molecule is Cc1cccc(OCCCCN2C(=O)COc3ccc(NC(=O)CCN4C(=O)c5ccccc5C4=O)cc32)c1. The van der Waals surface area contributed by atoms with E-state index in [2.05, 4.69) is 5.32 Å². The van der Waals surface area contributed by atoms with Gasteiger partial charge in [0.05, 0.1) is 23.4 Å². The minimum absolute atomic E-state index is 0.0263. The highest BCUT2D eigenvalue weighted by Gasteiger charge is 2.35. The van der Waals surface area contributed by atoms with Gasteiger partial charge in [-0.2, -0.15) is 0 Å². The Morgan fingerprint density at radius 2 is 1.67 bits per heavy atom. The van der Waals surface area contributed by atoms with E-state index < -0.39 is 11.8 Å². The molecule has 0 saturated carbocycles. The summed E-state index contributed by atoms with van der Waals surface area (Å²) in [5.74, 6) is 0.0898. The van der Waals surface area contributed by atoms with Gasteiger partial charge in [-0.1, -0.05) is 24.3 Å². The minimum Gasteiger partial charge on any atom is -0.494 e. The molecule has 39 heavy (non-hydrogen) atoms. The average molecular weight is 528 g/mol. The van der Waals surface area contributed by atoms with Gasteiger partial charge in [-0.25, -0.2) is 0 Å².